The number of thioether (sulfide) groups is 1. The summed E-state index contributed by atoms with van der Waals surface area (Å²) in [5, 5.41) is 3.02. The third-order valence-corrected chi connectivity index (χ3v) is 4.10. The van der Waals surface area contributed by atoms with E-state index in [0.29, 0.717) is 11.5 Å². The Morgan fingerprint density at radius 2 is 1.95 bits per heavy atom. The lowest BCUT2D eigenvalue weighted by Crippen LogP contribution is -2.49. The zero-order valence-corrected chi connectivity index (χ0v) is 13.5. The van der Waals surface area contributed by atoms with Crippen LogP contribution in [-0.2, 0) is 0 Å². The highest BCUT2D eigenvalue weighted by molar-refractivity contribution is 7.98. The monoisotopic (exact) mass is 309 g/mol. The van der Waals surface area contributed by atoms with Gasteiger partial charge in [0, 0.05) is 57.4 Å². The van der Waals surface area contributed by atoms with Gasteiger partial charge in [-0.3, -0.25) is 9.69 Å². The number of anilines is 1. The Morgan fingerprint density at radius 1 is 1.29 bits per heavy atom. The molecule has 1 aliphatic rings. The lowest BCUT2D eigenvalue weighted by molar-refractivity contribution is 0.0644. The van der Waals surface area contributed by atoms with Crippen LogP contribution in [0.25, 0.3) is 0 Å². The molecule has 0 aromatic carbocycles. The fourth-order valence-corrected chi connectivity index (χ4v) is 2.71. The molecule has 1 aromatic rings. The second-order valence-electron chi connectivity index (χ2n) is 4.95. The van der Waals surface area contributed by atoms with Crippen molar-refractivity contribution in [3.05, 3.63) is 18.0 Å². The number of carbonyl (C=O) groups is 1. The fourth-order valence-electron chi connectivity index (χ4n) is 2.27. The van der Waals surface area contributed by atoms with E-state index in [9.17, 15) is 4.79 Å². The fraction of sp³-hybridized carbons (Fsp3) is 0.643. The molecule has 0 aliphatic carbocycles. The standard InChI is InChI=1S/C14H23N5OS/c1-3-15-14-16-10-12(11-17-14)13(20)19-6-4-18(5-7-19)8-9-21-2/h10-11H,3-9H2,1-2H3,(H,15,16,17). The Kier molecular flexibility index (Phi) is 6.25. The van der Waals surface area contributed by atoms with Crippen LogP contribution in [0, 0.1) is 0 Å². The van der Waals surface area contributed by atoms with Crippen molar-refractivity contribution in [2.75, 3.05) is 56.6 Å². The minimum Gasteiger partial charge on any atom is -0.355 e. The van der Waals surface area contributed by atoms with Gasteiger partial charge in [0.1, 0.15) is 0 Å². The van der Waals surface area contributed by atoms with Gasteiger partial charge in [-0.05, 0) is 13.2 Å². The highest BCUT2D eigenvalue weighted by Gasteiger charge is 2.22. The van der Waals surface area contributed by atoms with Gasteiger partial charge >= 0.3 is 0 Å². The van der Waals surface area contributed by atoms with Crippen LogP contribution >= 0.6 is 11.8 Å². The van der Waals surface area contributed by atoms with Gasteiger partial charge in [0.05, 0.1) is 5.56 Å². The molecule has 2 heterocycles. The van der Waals surface area contributed by atoms with Gasteiger partial charge in [-0.2, -0.15) is 11.8 Å². The van der Waals surface area contributed by atoms with E-state index in [1.54, 1.807) is 12.4 Å². The predicted octanol–water partition coefficient (Wildman–Crippen LogP) is 1.03. The molecule has 0 saturated carbocycles. The van der Waals surface area contributed by atoms with Gasteiger partial charge < -0.3 is 10.2 Å². The summed E-state index contributed by atoms with van der Waals surface area (Å²) in [6.45, 7) is 7.31. The molecule has 1 aromatic heterocycles. The van der Waals surface area contributed by atoms with Gasteiger partial charge in [-0.25, -0.2) is 9.97 Å². The molecule has 2 rings (SSSR count). The van der Waals surface area contributed by atoms with Crippen LogP contribution < -0.4 is 5.32 Å². The van der Waals surface area contributed by atoms with Crippen LogP contribution in [-0.4, -0.2) is 77.0 Å². The minimum atomic E-state index is 0.0302. The third-order valence-electron chi connectivity index (χ3n) is 3.50. The summed E-state index contributed by atoms with van der Waals surface area (Å²) in [4.78, 5) is 25.0. The molecule has 1 amide bonds. The van der Waals surface area contributed by atoms with Crippen LogP contribution in [0.4, 0.5) is 5.95 Å². The Balaban J connectivity index is 1.86. The number of aromatic nitrogens is 2. The number of hydrogen-bond donors (Lipinski definition) is 1. The van der Waals surface area contributed by atoms with Crippen LogP contribution in [0.2, 0.25) is 0 Å². The van der Waals surface area contributed by atoms with E-state index in [1.807, 2.05) is 23.6 Å². The van der Waals surface area contributed by atoms with Crippen molar-refractivity contribution in [2.24, 2.45) is 0 Å². The number of rotatable bonds is 6. The topological polar surface area (TPSA) is 61.4 Å². The number of nitrogens with one attached hydrogen (secondary N) is 1. The Labute approximate surface area is 130 Å². The van der Waals surface area contributed by atoms with E-state index in [2.05, 4.69) is 26.4 Å². The van der Waals surface area contributed by atoms with Gasteiger partial charge in [-0.1, -0.05) is 0 Å². The van der Waals surface area contributed by atoms with Crippen molar-refractivity contribution in [2.45, 2.75) is 6.92 Å². The van der Waals surface area contributed by atoms with E-state index in [0.717, 1.165) is 45.0 Å². The van der Waals surface area contributed by atoms with Crippen LogP contribution in [0.15, 0.2) is 12.4 Å². The Morgan fingerprint density at radius 3 is 2.52 bits per heavy atom. The summed E-state index contributed by atoms with van der Waals surface area (Å²) in [6, 6.07) is 0. The van der Waals surface area contributed by atoms with E-state index in [-0.39, 0.29) is 5.91 Å². The first-order chi connectivity index (χ1) is 10.2. The maximum Gasteiger partial charge on any atom is 0.257 e. The molecule has 116 valence electrons. The van der Waals surface area contributed by atoms with Gasteiger partial charge in [-0.15, -0.1) is 0 Å². The normalized spacial score (nSPS) is 16.0. The summed E-state index contributed by atoms with van der Waals surface area (Å²) in [6.07, 6.45) is 5.33. The van der Waals surface area contributed by atoms with E-state index >= 15 is 0 Å². The number of carbonyl (C=O) groups excluding carboxylic acids is 1. The summed E-state index contributed by atoms with van der Waals surface area (Å²) < 4.78 is 0. The second kappa shape index (κ2) is 8.19. The Bertz CT molecular complexity index is 445. The number of piperazine rings is 1. The van der Waals surface area contributed by atoms with Crippen LogP contribution in [0.5, 0.6) is 0 Å². The lowest BCUT2D eigenvalue weighted by atomic mass is 10.2. The lowest BCUT2D eigenvalue weighted by Gasteiger charge is -2.34. The maximum atomic E-state index is 12.4. The molecule has 1 fully saturated rings. The predicted molar refractivity (Wildman–Crippen MR) is 86.9 cm³/mol. The molecular formula is C14H23N5OS. The van der Waals surface area contributed by atoms with E-state index < -0.39 is 0 Å². The van der Waals surface area contributed by atoms with Gasteiger partial charge in [0.15, 0.2) is 0 Å². The zero-order chi connectivity index (χ0) is 15.1. The maximum absolute atomic E-state index is 12.4. The average Bonchev–Trinajstić information content (AvgIpc) is 2.54. The SMILES string of the molecule is CCNc1ncc(C(=O)N2CCN(CCSC)CC2)cn1. The van der Waals surface area contributed by atoms with Crippen molar-refractivity contribution in [1.29, 1.82) is 0 Å². The van der Waals surface area contributed by atoms with Crippen molar-refractivity contribution in [3.8, 4) is 0 Å². The average molecular weight is 309 g/mol. The van der Waals surface area contributed by atoms with Crippen molar-refractivity contribution < 1.29 is 4.79 Å². The molecule has 21 heavy (non-hydrogen) atoms. The van der Waals surface area contributed by atoms with Crippen molar-refractivity contribution in [3.63, 3.8) is 0 Å². The molecule has 7 heteroatoms. The quantitative estimate of drug-likeness (QED) is 0.847. The molecule has 0 unspecified atom stereocenters. The third kappa shape index (κ3) is 4.57. The number of hydrogen-bond acceptors (Lipinski definition) is 6. The number of nitrogens with zero attached hydrogens (tertiary/aromatic N) is 4. The summed E-state index contributed by atoms with van der Waals surface area (Å²) in [7, 11) is 0. The molecule has 0 bridgehead atoms. The summed E-state index contributed by atoms with van der Waals surface area (Å²) >= 11 is 1.86. The highest BCUT2D eigenvalue weighted by atomic mass is 32.2. The van der Waals surface area contributed by atoms with Crippen molar-refractivity contribution in [1.82, 2.24) is 19.8 Å². The van der Waals surface area contributed by atoms with Crippen molar-refractivity contribution >= 4 is 23.6 Å². The molecule has 6 nitrogen and oxygen atoms in total. The number of amides is 1. The molecule has 0 radical (unpaired) electrons. The molecule has 0 spiro atoms. The molecule has 0 atom stereocenters. The highest BCUT2D eigenvalue weighted by Crippen LogP contribution is 2.09. The first kappa shape index (κ1) is 16.0. The zero-order valence-electron chi connectivity index (χ0n) is 12.7. The summed E-state index contributed by atoms with van der Waals surface area (Å²) in [5.41, 5.74) is 0.564. The van der Waals surface area contributed by atoms with E-state index in [1.165, 1.54) is 0 Å². The minimum absolute atomic E-state index is 0.0302. The van der Waals surface area contributed by atoms with Gasteiger partial charge in [0.25, 0.3) is 5.91 Å². The van der Waals surface area contributed by atoms with Crippen LogP contribution in [0.1, 0.15) is 17.3 Å². The summed E-state index contributed by atoms with van der Waals surface area (Å²) in [5.74, 6) is 1.74. The first-order valence-corrected chi connectivity index (χ1v) is 8.70. The second-order valence-corrected chi connectivity index (χ2v) is 5.94. The molecule has 1 saturated heterocycles. The van der Waals surface area contributed by atoms with Gasteiger partial charge in [0.2, 0.25) is 5.95 Å². The van der Waals surface area contributed by atoms with Crippen LogP contribution in [0.3, 0.4) is 0 Å². The molecule has 1 aliphatic heterocycles. The molecular weight excluding hydrogens is 286 g/mol. The largest absolute Gasteiger partial charge is 0.355 e. The Hall–Kier alpha value is -1.34. The molecule has 1 N–H and O–H groups in total. The first-order valence-electron chi connectivity index (χ1n) is 7.31. The van der Waals surface area contributed by atoms with E-state index in [4.69, 9.17) is 0 Å². The smallest absolute Gasteiger partial charge is 0.257 e.